The lowest BCUT2D eigenvalue weighted by molar-refractivity contribution is -0.120. The van der Waals surface area contributed by atoms with Crippen LogP contribution in [0.15, 0.2) is 65.8 Å². The molecular formula is C27H27N3O8. The SMILES string of the molecule is COc1cc(/C=N/NC(=O)CNC(=O)c2ccccc2)ccc1OC(=O)c1cc(OC)c(OC)c(OC)c1. The summed E-state index contributed by atoms with van der Waals surface area (Å²) in [6.45, 7) is -0.246. The van der Waals surface area contributed by atoms with Gasteiger partial charge in [-0.05, 0) is 48.0 Å². The predicted octanol–water partition coefficient (Wildman–Crippen LogP) is 2.82. The summed E-state index contributed by atoms with van der Waals surface area (Å²) in [6.07, 6.45) is 1.38. The van der Waals surface area contributed by atoms with Gasteiger partial charge in [0.2, 0.25) is 5.75 Å². The Balaban J connectivity index is 1.62. The molecule has 11 heteroatoms. The van der Waals surface area contributed by atoms with E-state index in [0.717, 1.165) is 0 Å². The van der Waals surface area contributed by atoms with E-state index in [1.807, 2.05) is 0 Å². The van der Waals surface area contributed by atoms with Crippen LogP contribution in [0, 0.1) is 0 Å². The van der Waals surface area contributed by atoms with E-state index in [2.05, 4.69) is 15.8 Å². The van der Waals surface area contributed by atoms with Crippen molar-refractivity contribution >= 4 is 24.0 Å². The van der Waals surface area contributed by atoms with Crippen LogP contribution in [-0.4, -0.2) is 59.0 Å². The van der Waals surface area contributed by atoms with Gasteiger partial charge in [0.25, 0.3) is 11.8 Å². The Morgan fingerprint density at radius 2 is 1.42 bits per heavy atom. The molecule has 0 spiro atoms. The summed E-state index contributed by atoms with van der Waals surface area (Å²) in [6, 6.07) is 16.2. The molecular weight excluding hydrogens is 494 g/mol. The highest BCUT2D eigenvalue weighted by Crippen LogP contribution is 2.38. The largest absolute Gasteiger partial charge is 0.493 e. The first-order valence-electron chi connectivity index (χ1n) is 11.3. The van der Waals surface area contributed by atoms with Gasteiger partial charge >= 0.3 is 5.97 Å². The number of esters is 1. The Kier molecular flexibility index (Phi) is 9.64. The molecule has 3 aromatic carbocycles. The molecule has 0 aromatic heterocycles. The van der Waals surface area contributed by atoms with Crippen molar-refractivity contribution in [2.45, 2.75) is 0 Å². The average molecular weight is 522 g/mol. The van der Waals surface area contributed by atoms with Crippen molar-refractivity contribution in [2.75, 3.05) is 35.0 Å². The maximum atomic E-state index is 12.8. The fraction of sp³-hybridized carbons (Fsp3) is 0.185. The fourth-order valence-electron chi connectivity index (χ4n) is 3.28. The van der Waals surface area contributed by atoms with Crippen LogP contribution in [0.1, 0.15) is 26.3 Å². The van der Waals surface area contributed by atoms with Gasteiger partial charge in [-0.2, -0.15) is 5.10 Å². The molecule has 2 N–H and O–H groups in total. The number of amides is 2. The summed E-state index contributed by atoms with van der Waals surface area (Å²) in [5.74, 6) is -0.169. The van der Waals surface area contributed by atoms with Crippen molar-refractivity contribution < 1.29 is 38.1 Å². The van der Waals surface area contributed by atoms with Gasteiger partial charge in [-0.25, -0.2) is 10.2 Å². The van der Waals surface area contributed by atoms with Crippen LogP contribution in [0.25, 0.3) is 0 Å². The molecule has 0 saturated carbocycles. The third-order valence-electron chi connectivity index (χ3n) is 5.14. The highest BCUT2D eigenvalue weighted by molar-refractivity contribution is 5.96. The lowest BCUT2D eigenvalue weighted by Crippen LogP contribution is -2.34. The van der Waals surface area contributed by atoms with Crippen molar-refractivity contribution in [3.05, 3.63) is 77.4 Å². The minimum Gasteiger partial charge on any atom is -0.493 e. The summed E-state index contributed by atoms with van der Waals surface area (Å²) in [4.78, 5) is 36.8. The molecule has 0 fully saturated rings. The minimum absolute atomic E-state index is 0.163. The number of hydrazone groups is 1. The zero-order valence-corrected chi connectivity index (χ0v) is 21.3. The van der Waals surface area contributed by atoms with E-state index < -0.39 is 11.9 Å². The third-order valence-corrected chi connectivity index (χ3v) is 5.14. The zero-order chi connectivity index (χ0) is 27.5. The van der Waals surface area contributed by atoms with Crippen molar-refractivity contribution in [3.8, 4) is 28.7 Å². The molecule has 2 amide bonds. The second-order valence-electron chi connectivity index (χ2n) is 7.56. The molecule has 0 radical (unpaired) electrons. The van der Waals surface area contributed by atoms with Gasteiger partial charge in [-0.15, -0.1) is 0 Å². The first kappa shape index (κ1) is 27.5. The third kappa shape index (κ3) is 7.00. The summed E-state index contributed by atoms with van der Waals surface area (Å²) in [5, 5.41) is 6.39. The van der Waals surface area contributed by atoms with Crippen LogP contribution in [0.5, 0.6) is 28.7 Å². The molecule has 198 valence electrons. The number of rotatable bonds is 11. The maximum absolute atomic E-state index is 12.8. The normalized spacial score (nSPS) is 10.4. The van der Waals surface area contributed by atoms with Gasteiger partial charge in [0.1, 0.15) is 0 Å². The predicted molar refractivity (Wildman–Crippen MR) is 139 cm³/mol. The number of carbonyl (C=O) groups excluding carboxylic acids is 3. The van der Waals surface area contributed by atoms with E-state index in [1.54, 1.807) is 42.5 Å². The number of carbonyl (C=O) groups is 3. The van der Waals surface area contributed by atoms with E-state index in [-0.39, 0.29) is 29.5 Å². The molecule has 0 unspecified atom stereocenters. The molecule has 0 aliphatic rings. The van der Waals surface area contributed by atoms with E-state index in [4.69, 9.17) is 23.7 Å². The van der Waals surface area contributed by atoms with Crippen molar-refractivity contribution in [1.29, 1.82) is 0 Å². The Morgan fingerprint density at radius 1 is 0.763 bits per heavy atom. The van der Waals surface area contributed by atoms with Crippen LogP contribution in [0.4, 0.5) is 0 Å². The lowest BCUT2D eigenvalue weighted by Gasteiger charge is -2.14. The minimum atomic E-state index is -0.672. The number of nitrogens with one attached hydrogen (secondary N) is 2. The van der Waals surface area contributed by atoms with Crippen molar-refractivity contribution in [1.82, 2.24) is 10.7 Å². The number of methoxy groups -OCH3 is 4. The quantitative estimate of drug-likeness (QED) is 0.170. The summed E-state index contributed by atoms with van der Waals surface area (Å²) < 4.78 is 26.7. The Hall–Kier alpha value is -5.06. The molecule has 0 saturated heterocycles. The first-order chi connectivity index (χ1) is 18.4. The molecule has 38 heavy (non-hydrogen) atoms. The van der Waals surface area contributed by atoms with Gasteiger partial charge in [-0.3, -0.25) is 9.59 Å². The summed E-state index contributed by atoms with van der Waals surface area (Å²) >= 11 is 0. The van der Waals surface area contributed by atoms with E-state index >= 15 is 0 Å². The molecule has 0 bridgehead atoms. The molecule has 11 nitrogen and oxygen atoms in total. The van der Waals surface area contributed by atoms with Gasteiger partial charge in [0.05, 0.1) is 46.8 Å². The first-order valence-corrected chi connectivity index (χ1v) is 11.3. The molecule has 3 rings (SSSR count). The lowest BCUT2D eigenvalue weighted by atomic mass is 10.1. The number of ether oxygens (including phenoxy) is 5. The smallest absolute Gasteiger partial charge is 0.343 e. The van der Waals surface area contributed by atoms with Gasteiger partial charge in [-0.1, -0.05) is 18.2 Å². The maximum Gasteiger partial charge on any atom is 0.343 e. The molecule has 0 heterocycles. The van der Waals surface area contributed by atoms with Crippen LogP contribution in [-0.2, 0) is 4.79 Å². The number of nitrogens with zero attached hydrogens (tertiary/aromatic N) is 1. The number of benzene rings is 3. The van der Waals surface area contributed by atoms with Crippen LogP contribution >= 0.6 is 0 Å². The molecule has 3 aromatic rings. The monoisotopic (exact) mass is 521 g/mol. The molecule has 0 aliphatic carbocycles. The second kappa shape index (κ2) is 13.3. The highest BCUT2D eigenvalue weighted by Gasteiger charge is 2.19. The zero-order valence-electron chi connectivity index (χ0n) is 21.3. The summed E-state index contributed by atoms with van der Waals surface area (Å²) in [7, 11) is 5.77. The van der Waals surface area contributed by atoms with Crippen LogP contribution in [0.3, 0.4) is 0 Å². The van der Waals surface area contributed by atoms with Gasteiger partial charge < -0.3 is 29.0 Å². The van der Waals surface area contributed by atoms with E-state index in [0.29, 0.717) is 28.4 Å². The molecule has 0 aliphatic heterocycles. The highest BCUT2D eigenvalue weighted by atomic mass is 16.6. The van der Waals surface area contributed by atoms with E-state index in [9.17, 15) is 14.4 Å². The Bertz CT molecular complexity index is 1300. The van der Waals surface area contributed by atoms with Gasteiger partial charge in [0.15, 0.2) is 23.0 Å². The van der Waals surface area contributed by atoms with E-state index in [1.165, 1.54) is 52.9 Å². The van der Waals surface area contributed by atoms with Gasteiger partial charge in [0, 0.05) is 5.56 Å². The standard InChI is InChI=1S/C27H27N3O8/c1-34-21-12-17(15-29-30-24(31)16-28-26(32)18-8-6-5-7-9-18)10-11-20(21)38-27(33)19-13-22(35-2)25(37-4)23(14-19)36-3/h5-15H,16H2,1-4H3,(H,28,32)(H,30,31)/b29-15+. The van der Waals surface area contributed by atoms with Crippen LogP contribution in [0.2, 0.25) is 0 Å². The average Bonchev–Trinajstić information content (AvgIpc) is 2.95. The second-order valence-corrected chi connectivity index (χ2v) is 7.56. The van der Waals surface area contributed by atoms with Crippen LogP contribution < -0.4 is 34.4 Å². The Labute approximate surface area is 219 Å². The Morgan fingerprint density at radius 3 is 2.03 bits per heavy atom. The molecule has 0 atom stereocenters. The summed E-state index contributed by atoms with van der Waals surface area (Å²) in [5.41, 5.74) is 3.51. The van der Waals surface area contributed by atoms with Crippen molar-refractivity contribution in [2.24, 2.45) is 5.10 Å². The fourth-order valence-corrected chi connectivity index (χ4v) is 3.28. The topological polar surface area (TPSA) is 134 Å². The number of hydrogen-bond acceptors (Lipinski definition) is 9. The van der Waals surface area contributed by atoms with Crippen molar-refractivity contribution in [3.63, 3.8) is 0 Å². The number of hydrogen-bond donors (Lipinski definition) is 2.